The SMILES string of the molecule is CC(=O)[O-].CC(=O)[O-].CC(C)c1cc(C(F)(F)F)cc(C=Nc2ccc(N=Cc3cc(C(F)(F)F)cc(C(C)C)c3O)cc2)c1O.[Co+2]. The van der Waals surface area contributed by atoms with Gasteiger partial charge in [0.05, 0.1) is 22.5 Å². The summed E-state index contributed by atoms with van der Waals surface area (Å²) in [5, 5.41) is 38.6. The maximum atomic E-state index is 13.3. The minimum absolute atomic E-state index is 0. The van der Waals surface area contributed by atoms with Gasteiger partial charge in [-0.3, -0.25) is 9.98 Å². The number of aliphatic imine (C=N–C) groups is 2. The van der Waals surface area contributed by atoms with Gasteiger partial charge in [0.1, 0.15) is 11.5 Å². The molecule has 1 radical (unpaired) electrons. The number of aromatic hydroxyl groups is 2. The maximum absolute atomic E-state index is 13.3. The zero-order chi connectivity index (χ0) is 35.6. The average molecular weight is 714 g/mol. The third-order valence-electron chi connectivity index (χ3n) is 5.79. The van der Waals surface area contributed by atoms with Gasteiger partial charge in [0.25, 0.3) is 0 Å². The number of nitrogens with zero attached hydrogens (tertiary/aromatic N) is 2. The Labute approximate surface area is 277 Å². The van der Waals surface area contributed by atoms with E-state index >= 15 is 0 Å². The molecule has 0 aliphatic heterocycles. The molecule has 8 nitrogen and oxygen atoms in total. The minimum atomic E-state index is -4.59. The van der Waals surface area contributed by atoms with Crippen LogP contribution in [0.1, 0.15) is 86.8 Å². The molecule has 0 fully saturated rings. The number of phenols is 2. The molecule has 0 aliphatic carbocycles. The normalized spacial score (nSPS) is 11.5. The van der Waals surface area contributed by atoms with Crippen molar-refractivity contribution in [2.75, 3.05) is 0 Å². The average Bonchev–Trinajstić information content (AvgIpc) is 2.90. The quantitative estimate of drug-likeness (QED) is 0.224. The third kappa shape index (κ3) is 14.3. The molecule has 0 amide bonds. The summed E-state index contributed by atoms with van der Waals surface area (Å²) in [4.78, 5) is 26.0. The zero-order valence-electron chi connectivity index (χ0n) is 26.0. The first-order chi connectivity index (χ1) is 21.0. The third-order valence-corrected chi connectivity index (χ3v) is 5.79. The molecule has 0 atom stereocenters. The zero-order valence-corrected chi connectivity index (χ0v) is 27.0. The van der Waals surface area contributed by atoms with Crippen LogP contribution in [0, 0.1) is 0 Å². The number of carbonyl (C=O) groups excluding carboxylic acids is 2. The number of aliphatic carboxylic acids is 2. The van der Waals surface area contributed by atoms with Crippen LogP contribution in [-0.4, -0.2) is 34.6 Å². The number of carboxylic acids is 2. The van der Waals surface area contributed by atoms with Crippen LogP contribution in [0.2, 0.25) is 0 Å². The Bertz CT molecular complexity index is 1440. The number of phenolic OH excluding ortho intramolecular Hbond substituents is 2. The Morgan fingerprint density at radius 3 is 1.13 bits per heavy atom. The van der Waals surface area contributed by atoms with Crippen molar-refractivity contribution in [2.24, 2.45) is 9.98 Å². The van der Waals surface area contributed by atoms with Gasteiger partial charge in [0.15, 0.2) is 0 Å². The summed E-state index contributed by atoms with van der Waals surface area (Å²) in [6, 6.07) is 9.47. The Balaban J connectivity index is 0.00000211. The molecule has 0 bridgehead atoms. The van der Waals surface area contributed by atoms with E-state index in [0.29, 0.717) is 11.4 Å². The first-order valence-electron chi connectivity index (χ1n) is 13.5. The first-order valence-corrected chi connectivity index (χ1v) is 13.5. The molecule has 3 rings (SSSR count). The summed E-state index contributed by atoms with van der Waals surface area (Å²) < 4.78 is 79.8. The van der Waals surface area contributed by atoms with Crippen molar-refractivity contribution in [3.8, 4) is 11.5 Å². The summed E-state index contributed by atoms with van der Waals surface area (Å²) in [7, 11) is 0. The van der Waals surface area contributed by atoms with Crippen LogP contribution in [-0.2, 0) is 38.7 Å². The van der Waals surface area contributed by atoms with Gasteiger partial charge < -0.3 is 30.0 Å². The van der Waals surface area contributed by atoms with Crippen molar-refractivity contribution in [1.29, 1.82) is 0 Å². The molecule has 15 heteroatoms. The van der Waals surface area contributed by atoms with Gasteiger partial charge >= 0.3 is 29.1 Å². The minimum Gasteiger partial charge on any atom is -0.550 e. The summed E-state index contributed by atoms with van der Waals surface area (Å²) in [6.07, 6.45) is -6.93. The Hall–Kier alpha value is -4.37. The smallest absolute Gasteiger partial charge is 0.550 e. The van der Waals surface area contributed by atoms with Gasteiger partial charge in [-0.25, -0.2) is 0 Å². The van der Waals surface area contributed by atoms with Crippen LogP contribution in [0.5, 0.6) is 11.5 Å². The van der Waals surface area contributed by atoms with E-state index in [2.05, 4.69) is 9.98 Å². The number of carbonyl (C=O) groups is 2. The van der Waals surface area contributed by atoms with Gasteiger partial charge in [0.2, 0.25) is 0 Å². The number of carboxylic acid groups (broad SMARTS) is 2. The Kier molecular flexibility index (Phi) is 16.4. The van der Waals surface area contributed by atoms with Gasteiger partial charge in [-0.15, -0.1) is 0 Å². The molecule has 0 saturated carbocycles. The van der Waals surface area contributed by atoms with Crippen molar-refractivity contribution >= 4 is 35.7 Å². The van der Waals surface area contributed by atoms with Crippen molar-refractivity contribution in [1.82, 2.24) is 0 Å². The van der Waals surface area contributed by atoms with E-state index < -0.39 is 35.4 Å². The van der Waals surface area contributed by atoms with Gasteiger partial charge in [-0.2, -0.15) is 26.3 Å². The molecule has 0 aromatic heterocycles. The molecule has 257 valence electrons. The van der Waals surface area contributed by atoms with Crippen molar-refractivity contribution in [3.05, 3.63) is 81.9 Å². The molecule has 47 heavy (non-hydrogen) atoms. The number of alkyl halides is 6. The number of benzene rings is 3. The molecule has 3 aromatic carbocycles. The van der Waals surface area contributed by atoms with E-state index in [1.807, 2.05) is 0 Å². The number of hydrogen-bond acceptors (Lipinski definition) is 8. The first kappa shape index (κ1) is 42.6. The van der Waals surface area contributed by atoms with Gasteiger partial charge in [-0.1, -0.05) is 27.7 Å². The second-order valence-corrected chi connectivity index (χ2v) is 10.3. The van der Waals surface area contributed by atoms with Crippen LogP contribution >= 0.6 is 0 Å². The molecule has 0 spiro atoms. The fourth-order valence-corrected chi connectivity index (χ4v) is 3.68. The predicted molar refractivity (Wildman–Crippen MR) is 157 cm³/mol. The molecule has 3 aromatic rings. The molecule has 0 aliphatic rings. The summed E-state index contributed by atoms with van der Waals surface area (Å²) in [5.41, 5.74) is -1.01. The summed E-state index contributed by atoms with van der Waals surface area (Å²) in [5.74, 6) is -3.46. The topological polar surface area (TPSA) is 145 Å². The fourth-order valence-electron chi connectivity index (χ4n) is 3.68. The molecule has 0 saturated heterocycles. The van der Waals surface area contributed by atoms with E-state index in [1.165, 1.54) is 24.3 Å². The van der Waals surface area contributed by atoms with Crippen LogP contribution < -0.4 is 10.2 Å². The largest absolute Gasteiger partial charge is 2.00 e. The van der Waals surface area contributed by atoms with Crippen LogP contribution in [0.3, 0.4) is 0 Å². The van der Waals surface area contributed by atoms with E-state index in [-0.39, 0.29) is 62.4 Å². The van der Waals surface area contributed by atoms with Crippen molar-refractivity contribution < 1.29 is 73.1 Å². The van der Waals surface area contributed by atoms with Crippen LogP contribution in [0.25, 0.3) is 0 Å². The molecular weight excluding hydrogens is 681 g/mol. The van der Waals surface area contributed by atoms with E-state index in [0.717, 1.165) is 50.5 Å². The van der Waals surface area contributed by atoms with Crippen LogP contribution in [0.4, 0.5) is 37.7 Å². The van der Waals surface area contributed by atoms with E-state index in [4.69, 9.17) is 19.8 Å². The number of halogens is 6. The Morgan fingerprint density at radius 2 is 0.915 bits per heavy atom. The van der Waals surface area contributed by atoms with Crippen LogP contribution in [0.15, 0.2) is 58.5 Å². The molecule has 0 unspecified atom stereocenters. The monoisotopic (exact) mass is 713 g/mol. The van der Waals surface area contributed by atoms with Crippen molar-refractivity contribution in [3.63, 3.8) is 0 Å². The van der Waals surface area contributed by atoms with Crippen molar-refractivity contribution in [2.45, 2.75) is 65.7 Å². The summed E-state index contributed by atoms with van der Waals surface area (Å²) >= 11 is 0. The second-order valence-electron chi connectivity index (χ2n) is 10.3. The number of rotatable bonds is 6. The molecular formula is C32H32CoF6N2O6. The maximum Gasteiger partial charge on any atom is 2.00 e. The van der Waals surface area contributed by atoms with Gasteiger partial charge in [-0.05, 0) is 85.3 Å². The Morgan fingerprint density at radius 1 is 0.660 bits per heavy atom. The fraction of sp³-hybridized carbons (Fsp3) is 0.312. The van der Waals surface area contributed by atoms with E-state index in [9.17, 15) is 36.6 Å². The predicted octanol–water partition coefficient (Wildman–Crippen LogP) is 6.39. The second kappa shape index (κ2) is 18.1. The summed E-state index contributed by atoms with van der Waals surface area (Å²) in [6.45, 7) is 8.60. The van der Waals surface area contributed by atoms with Gasteiger partial charge in [0, 0.05) is 35.5 Å². The number of hydrogen-bond donors (Lipinski definition) is 2. The standard InChI is InChI=1S/C28H26F6N2O2.2C2H4O2.Co/c1-15(2)23-11-19(27(29,30)31)9-17(25(23)37)13-35-21-5-7-22(8-6-21)36-14-18-10-20(28(32,33)34)12-24(16(3)4)26(18)38;2*1-2(3)4;/h5-16,37-38H,1-4H3;2*1H3,(H,3,4);/q;;;+2/p-2. The molecule has 0 heterocycles. The molecule has 2 N–H and O–H groups in total. The van der Waals surface area contributed by atoms with E-state index in [1.54, 1.807) is 27.7 Å².